The van der Waals surface area contributed by atoms with Gasteiger partial charge in [-0.2, -0.15) is 5.10 Å². The van der Waals surface area contributed by atoms with Gasteiger partial charge in [0, 0.05) is 0 Å². The van der Waals surface area contributed by atoms with E-state index in [2.05, 4.69) is 36.4 Å². The molecule has 1 aromatic rings. The highest BCUT2D eigenvalue weighted by molar-refractivity contribution is 9.09. The first-order valence-electron chi connectivity index (χ1n) is 3.44. The van der Waals surface area contributed by atoms with Gasteiger partial charge in [-0.1, -0.05) is 15.9 Å². The zero-order chi connectivity index (χ0) is 8.97. The maximum absolute atomic E-state index is 10.9. The molecule has 1 amide bonds. The molecule has 0 radical (unpaired) electrons. The van der Waals surface area contributed by atoms with E-state index in [9.17, 15) is 4.79 Å². The van der Waals surface area contributed by atoms with E-state index >= 15 is 0 Å². The third kappa shape index (κ3) is 2.30. The molecule has 2 N–H and O–H groups in total. The molecule has 0 bridgehead atoms. The molecule has 0 saturated carbocycles. The molecular formula is C6H9BrN4O. The largest absolute Gasteiger partial charge is 0.346 e. The predicted octanol–water partition coefficient (Wildman–Crippen LogP) is 0.377. The molecule has 0 fully saturated rings. The van der Waals surface area contributed by atoms with Crippen molar-refractivity contribution in [3.63, 3.8) is 0 Å². The third-order valence-electron chi connectivity index (χ3n) is 1.34. The van der Waals surface area contributed by atoms with Crippen molar-refractivity contribution >= 4 is 21.8 Å². The second kappa shape index (κ2) is 4.20. The number of amides is 1. The molecule has 0 aromatic carbocycles. The Kier molecular flexibility index (Phi) is 3.21. The van der Waals surface area contributed by atoms with Crippen LogP contribution in [-0.4, -0.2) is 26.4 Å². The molecule has 0 aliphatic carbocycles. The Balaban J connectivity index is 2.49. The lowest BCUT2D eigenvalue weighted by molar-refractivity contribution is -0.119. The summed E-state index contributed by atoms with van der Waals surface area (Å²) in [5.74, 6) is 0.586. The second-order valence-corrected chi connectivity index (χ2v) is 2.85. The van der Waals surface area contributed by atoms with Gasteiger partial charge in [0.25, 0.3) is 0 Å². The Morgan fingerprint density at radius 3 is 3.17 bits per heavy atom. The van der Waals surface area contributed by atoms with Gasteiger partial charge in [0.15, 0.2) is 0 Å². The Labute approximate surface area is 78.1 Å². The summed E-state index contributed by atoms with van der Waals surface area (Å²) in [6.45, 7) is 1.83. The number of H-pyrrole nitrogens is 1. The number of aromatic amines is 1. The van der Waals surface area contributed by atoms with E-state index in [4.69, 9.17) is 0 Å². The molecule has 5 nitrogen and oxygen atoms in total. The number of rotatable bonds is 3. The SMILES string of the molecule is CC(NC(=O)CBr)c1ncn[nH]1. The predicted molar refractivity (Wildman–Crippen MR) is 46.7 cm³/mol. The molecule has 1 heterocycles. The van der Waals surface area contributed by atoms with Crippen molar-refractivity contribution in [3.8, 4) is 0 Å². The van der Waals surface area contributed by atoms with Crippen molar-refractivity contribution in [1.82, 2.24) is 20.5 Å². The van der Waals surface area contributed by atoms with Crippen molar-refractivity contribution in [2.24, 2.45) is 0 Å². The van der Waals surface area contributed by atoms with Crippen LogP contribution in [0.15, 0.2) is 6.33 Å². The van der Waals surface area contributed by atoms with Crippen LogP contribution in [-0.2, 0) is 4.79 Å². The smallest absolute Gasteiger partial charge is 0.231 e. The number of carbonyl (C=O) groups excluding carboxylic acids is 1. The van der Waals surface area contributed by atoms with E-state index in [1.807, 2.05) is 6.92 Å². The van der Waals surface area contributed by atoms with Gasteiger partial charge >= 0.3 is 0 Å². The van der Waals surface area contributed by atoms with Crippen LogP contribution in [0.25, 0.3) is 0 Å². The van der Waals surface area contributed by atoms with Crippen molar-refractivity contribution < 1.29 is 4.79 Å². The summed E-state index contributed by atoms with van der Waals surface area (Å²) < 4.78 is 0. The van der Waals surface area contributed by atoms with Gasteiger partial charge in [0.05, 0.1) is 11.4 Å². The van der Waals surface area contributed by atoms with Gasteiger partial charge in [0.1, 0.15) is 12.2 Å². The zero-order valence-corrected chi connectivity index (χ0v) is 8.13. The fourth-order valence-electron chi connectivity index (χ4n) is 0.772. The number of nitrogens with zero attached hydrogens (tertiary/aromatic N) is 2. The van der Waals surface area contributed by atoms with E-state index < -0.39 is 0 Å². The molecular weight excluding hydrogens is 224 g/mol. The molecule has 0 spiro atoms. The van der Waals surface area contributed by atoms with Crippen LogP contribution in [0, 0.1) is 0 Å². The highest BCUT2D eigenvalue weighted by atomic mass is 79.9. The Bertz CT molecular complexity index is 248. The number of halogens is 1. The number of nitrogens with one attached hydrogen (secondary N) is 2. The summed E-state index contributed by atoms with van der Waals surface area (Å²) in [4.78, 5) is 14.8. The minimum Gasteiger partial charge on any atom is -0.346 e. The summed E-state index contributed by atoms with van der Waals surface area (Å²) in [6, 6.07) is -0.127. The molecule has 12 heavy (non-hydrogen) atoms. The van der Waals surface area contributed by atoms with Gasteiger partial charge in [-0.3, -0.25) is 9.89 Å². The normalized spacial score (nSPS) is 12.5. The van der Waals surface area contributed by atoms with Crippen molar-refractivity contribution in [3.05, 3.63) is 12.2 Å². The monoisotopic (exact) mass is 232 g/mol. The van der Waals surface area contributed by atoms with Crippen LogP contribution < -0.4 is 5.32 Å². The standard InChI is InChI=1S/C6H9BrN4O/c1-4(10-5(12)2-7)6-8-3-9-11-6/h3-4H,2H2,1H3,(H,10,12)(H,8,9,11). The molecule has 0 aliphatic heterocycles. The van der Waals surface area contributed by atoms with Crippen LogP contribution in [0.3, 0.4) is 0 Å². The highest BCUT2D eigenvalue weighted by Gasteiger charge is 2.09. The topological polar surface area (TPSA) is 70.7 Å². The molecule has 1 atom stereocenters. The summed E-state index contributed by atoms with van der Waals surface area (Å²) >= 11 is 3.05. The van der Waals surface area contributed by atoms with E-state index in [0.29, 0.717) is 11.2 Å². The maximum atomic E-state index is 10.9. The maximum Gasteiger partial charge on any atom is 0.231 e. The van der Waals surface area contributed by atoms with Crippen molar-refractivity contribution in [2.75, 3.05) is 5.33 Å². The molecule has 0 aliphatic rings. The lowest BCUT2D eigenvalue weighted by Gasteiger charge is -2.08. The van der Waals surface area contributed by atoms with E-state index in [1.54, 1.807) is 0 Å². The summed E-state index contributed by atoms with van der Waals surface area (Å²) in [7, 11) is 0. The van der Waals surface area contributed by atoms with Gasteiger partial charge in [-0.25, -0.2) is 4.98 Å². The first-order chi connectivity index (χ1) is 5.74. The van der Waals surface area contributed by atoms with Crippen molar-refractivity contribution in [2.45, 2.75) is 13.0 Å². The van der Waals surface area contributed by atoms with Gasteiger partial charge < -0.3 is 5.32 Å². The number of hydrogen-bond acceptors (Lipinski definition) is 3. The third-order valence-corrected chi connectivity index (χ3v) is 1.85. The van der Waals surface area contributed by atoms with E-state index in [1.165, 1.54) is 6.33 Å². The fraction of sp³-hybridized carbons (Fsp3) is 0.500. The molecule has 1 rings (SSSR count). The van der Waals surface area contributed by atoms with Gasteiger partial charge in [-0.15, -0.1) is 0 Å². The number of aromatic nitrogens is 3. The van der Waals surface area contributed by atoms with Crippen LogP contribution in [0.5, 0.6) is 0 Å². The first-order valence-corrected chi connectivity index (χ1v) is 4.56. The van der Waals surface area contributed by atoms with Gasteiger partial charge in [0.2, 0.25) is 5.91 Å². The lowest BCUT2D eigenvalue weighted by atomic mass is 10.3. The second-order valence-electron chi connectivity index (χ2n) is 2.29. The Hall–Kier alpha value is -0.910. The zero-order valence-electron chi connectivity index (χ0n) is 6.54. The number of carbonyl (C=O) groups is 1. The molecule has 1 aromatic heterocycles. The lowest BCUT2D eigenvalue weighted by Crippen LogP contribution is -2.28. The molecule has 0 saturated heterocycles. The molecule has 6 heteroatoms. The average molecular weight is 233 g/mol. The Morgan fingerprint density at radius 2 is 2.67 bits per heavy atom. The minimum absolute atomic E-state index is 0.0705. The molecule has 66 valence electrons. The highest BCUT2D eigenvalue weighted by Crippen LogP contribution is 2.03. The summed E-state index contributed by atoms with van der Waals surface area (Å²) in [5, 5.41) is 9.36. The van der Waals surface area contributed by atoms with Crippen LogP contribution in [0.2, 0.25) is 0 Å². The minimum atomic E-state index is -0.127. The van der Waals surface area contributed by atoms with E-state index in [0.717, 1.165) is 0 Å². The van der Waals surface area contributed by atoms with Crippen molar-refractivity contribution in [1.29, 1.82) is 0 Å². The van der Waals surface area contributed by atoms with E-state index in [-0.39, 0.29) is 11.9 Å². The molecule has 1 unspecified atom stereocenters. The average Bonchev–Trinajstić information content (AvgIpc) is 2.56. The van der Waals surface area contributed by atoms with Gasteiger partial charge in [-0.05, 0) is 6.92 Å². The first kappa shape index (κ1) is 9.18. The van der Waals surface area contributed by atoms with Crippen LogP contribution in [0.1, 0.15) is 18.8 Å². The van der Waals surface area contributed by atoms with Crippen LogP contribution in [0.4, 0.5) is 0 Å². The summed E-state index contributed by atoms with van der Waals surface area (Å²) in [5.41, 5.74) is 0. The number of alkyl halides is 1. The number of hydrogen-bond donors (Lipinski definition) is 2. The quantitative estimate of drug-likeness (QED) is 0.741. The summed E-state index contributed by atoms with van der Waals surface area (Å²) in [6.07, 6.45) is 1.41. The van der Waals surface area contributed by atoms with Crippen LogP contribution >= 0.6 is 15.9 Å². The Morgan fingerprint density at radius 1 is 1.92 bits per heavy atom. The fourth-order valence-corrected chi connectivity index (χ4v) is 0.934.